The number of aromatic nitrogens is 1. The second kappa shape index (κ2) is 9.39. The average Bonchev–Trinajstić information content (AvgIpc) is 3.03. The number of nitrogens with zero attached hydrogens (tertiary/aromatic N) is 2. The molecule has 1 heterocycles. The van der Waals surface area contributed by atoms with Gasteiger partial charge in [-0.15, -0.1) is 11.8 Å². The van der Waals surface area contributed by atoms with Crippen molar-refractivity contribution in [2.24, 2.45) is 0 Å². The molecule has 0 aliphatic carbocycles. The number of carbonyl (C=O) groups excluding carboxylic acids is 1. The first-order valence-electron chi connectivity index (χ1n) is 10.3. The maximum atomic E-state index is 13.0. The van der Waals surface area contributed by atoms with E-state index in [2.05, 4.69) is 0 Å². The first kappa shape index (κ1) is 23.3. The first-order chi connectivity index (χ1) is 14.6. The second-order valence-electron chi connectivity index (χ2n) is 8.11. The maximum absolute atomic E-state index is 13.0. The third-order valence-corrected chi connectivity index (χ3v) is 6.22. The predicted molar refractivity (Wildman–Crippen MR) is 120 cm³/mol. The average molecular weight is 449 g/mol. The monoisotopic (exact) mass is 448 g/mol. The summed E-state index contributed by atoms with van der Waals surface area (Å²) >= 11 is 1.48. The number of halogens is 3. The molecule has 0 radical (unpaired) electrons. The van der Waals surface area contributed by atoms with E-state index >= 15 is 0 Å². The van der Waals surface area contributed by atoms with E-state index in [9.17, 15) is 18.0 Å². The standard InChI is InChI=1S/C24H27F3N2OS/c1-16(2)29(17(3)4)23(30)14-28-13-22(20-10-5-6-11-21(20)28)31-15-18-8-7-9-19(12-18)24(25,26)27/h5-13,16-17H,14-15H2,1-4H3. The molecule has 7 heteroatoms. The Labute approximate surface area is 185 Å². The van der Waals surface area contributed by atoms with Crippen molar-refractivity contribution in [3.05, 3.63) is 65.9 Å². The summed E-state index contributed by atoms with van der Waals surface area (Å²) in [6, 6.07) is 13.4. The Morgan fingerprint density at radius 3 is 2.35 bits per heavy atom. The lowest BCUT2D eigenvalue weighted by Crippen LogP contribution is -2.43. The van der Waals surface area contributed by atoms with Gasteiger partial charge in [-0.1, -0.05) is 36.4 Å². The second-order valence-corrected chi connectivity index (χ2v) is 9.13. The number of rotatable bonds is 7. The van der Waals surface area contributed by atoms with E-state index in [0.29, 0.717) is 11.3 Å². The predicted octanol–water partition coefficient (Wildman–Crippen LogP) is 6.60. The summed E-state index contributed by atoms with van der Waals surface area (Å²) in [6.45, 7) is 8.23. The van der Waals surface area contributed by atoms with Crippen LogP contribution in [0.1, 0.15) is 38.8 Å². The molecule has 0 saturated carbocycles. The van der Waals surface area contributed by atoms with Crippen molar-refractivity contribution in [3.63, 3.8) is 0 Å². The molecule has 2 aromatic carbocycles. The Bertz CT molecular complexity index is 1050. The van der Waals surface area contributed by atoms with Gasteiger partial charge in [-0.25, -0.2) is 0 Å². The van der Waals surface area contributed by atoms with Gasteiger partial charge < -0.3 is 9.47 Å². The van der Waals surface area contributed by atoms with Gasteiger partial charge in [0.1, 0.15) is 6.54 Å². The van der Waals surface area contributed by atoms with Crippen molar-refractivity contribution in [2.45, 2.75) is 63.1 Å². The van der Waals surface area contributed by atoms with Crippen LogP contribution in [0.2, 0.25) is 0 Å². The fourth-order valence-corrected chi connectivity index (χ4v) is 4.89. The number of alkyl halides is 3. The Balaban J connectivity index is 1.84. The lowest BCUT2D eigenvalue weighted by atomic mass is 10.1. The highest BCUT2D eigenvalue weighted by atomic mass is 32.2. The minimum Gasteiger partial charge on any atom is -0.337 e. The molecule has 1 amide bonds. The smallest absolute Gasteiger partial charge is 0.337 e. The summed E-state index contributed by atoms with van der Waals surface area (Å²) in [6.07, 6.45) is -2.42. The van der Waals surface area contributed by atoms with Crippen molar-refractivity contribution in [2.75, 3.05) is 0 Å². The van der Waals surface area contributed by atoms with E-state index < -0.39 is 11.7 Å². The van der Waals surface area contributed by atoms with Crippen molar-refractivity contribution in [1.29, 1.82) is 0 Å². The number of hydrogen-bond acceptors (Lipinski definition) is 2. The quantitative estimate of drug-likeness (QED) is 0.381. The molecule has 0 atom stereocenters. The van der Waals surface area contributed by atoms with E-state index in [1.54, 1.807) is 6.07 Å². The van der Waals surface area contributed by atoms with Crippen LogP contribution >= 0.6 is 11.8 Å². The molecule has 3 rings (SSSR count). The van der Waals surface area contributed by atoms with Crippen molar-refractivity contribution < 1.29 is 18.0 Å². The van der Waals surface area contributed by atoms with Gasteiger partial charge >= 0.3 is 6.18 Å². The zero-order chi connectivity index (χ0) is 22.8. The fraction of sp³-hybridized carbons (Fsp3) is 0.375. The molecule has 0 aliphatic rings. The molecule has 0 bridgehead atoms. The SMILES string of the molecule is CC(C)N(C(=O)Cn1cc(SCc2cccc(C(F)(F)F)c2)c2ccccc21)C(C)C. The van der Waals surface area contributed by atoms with Crippen LogP contribution in [0, 0.1) is 0 Å². The normalized spacial score (nSPS) is 12.2. The summed E-state index contributed by atoms with van der Waals surface area (Å²) in [5, 5.41) is 0.993. The number of benzene rings is 2. The van der Waals surface area contributed by atoms with Crippen LogP contribution in [0.15, 0.2) is 59.6 Å². The van der Waals surface area contributed by atoms with Gasteiger partial charge in [-0.05, 0) is 45.4 Å². The highest BCUT2D eigenvalue weighted by molar-refractivity contribution is 7.98. The minimum atomic E-state index is -4.35. The van der Waals surface area contributed by atoms with Crippen LogP contribution in [0.5, 0.6) is 0 Å². The first-order valence-corrected chi connectivity index (χ1v) is 11.2. The molecule has 31 heavy (non-hydrogen) atoms. The van der Waals surface area contributed by atoms with Crippen LogP contribution in [0.25, 0.3) is 10.9 Å². The number of fused-ring (bicyclic) bond motifs is 1. The topological polar surface area (TPSA) is 25.2 Å². The lowest BCUT2D eigenvalue weighted by Gasteiger charge is -2.31. The molecule has 0 saturated heterocycles. The number of carbonyl (C=O) groups is 1. The van der Waals surface area contributed by atoms with Gasteiger partial charge in [-0.2, -0.15) is 13.2 Å². The largest absolute Gasteiger partial charge is 0.416 e. The third kappa shape index (κ3) is 5.45. The number of hydrogen-bond donors (Lipinski definition) is 0. The van der Waals surface area contributed by atoms with E-state index in [-0.39, 0.29) is 24.5 Å². The zero-order valence-corrected chi connectivity index (χ0v) is 18.9. The summed E-state index contributed by atoms with van der Waals surface area (Å²) < 4.78 is 40.9. The molecule has 0 N–H and O–H groups in total. The Morgan fingerprint density at radius 2 is 1.71 bits per heavy atom. The van der Waals surface area contributed by atoms with E-state index in [4.69, 9.17) is 0 Å². The maximum Gasteiger partial charge on any atom is 0.416 e. The number of thioether (sulfide) groups is 1. The van der Waals surface area contributed by atoms with Crippen molar-refractivity contribution >= 4 is 28.6 Å². The molecular formula is C24H27F3N2OS. The molecule has 0 aliphatic heterocycles. The highest BCUT2D eigenvalue weighted by Gasteiger charge is 2.30. The fourth-order valence-electron chi connectivity index (χ4n) is 3.86. The van der Waals surface area contributed by atoms with Gasteiger partial charge in [0, 0.05) is 39.8 Å². The lowest BCUT2D eigenvalue weighted by molar-refractivity contribution is -0.137. The van der Waals surface area contributed by atoms with Crippen LogP contribution in [-0.4, -0.2) is 27.5 Å². The molecule has 0 unspecified atom stereocenters. The molecular weight excluding hydrogens is 421 g/mol. The van der Waals surface area contributed by atoms with E-state index in [1.807, 2.05) is 67.6 Å². The molecule has 3 aromatic rings. The third-order valence-electron chi connectivity index (χ3n) is 5.11. The Hall–Kier alpha value is -2.41. The van der Waals surface area contributed by atoms with Crippen LogP contribution in [0.3, 0.4) is 0 Å². The Morgan fingerprint density at radius 1 is 1.03 bits per heavy atom. The summed E-state index contributed by atoms with van der Waals surface area (Å²) in [4.78, 5) is 15.8. The number of para-hydroxylation sites is 1. The van der Waals surface area contributed by atoms with Crippen LogP contribution in [0.4, 0.5) is 13.2 Å². The molecule has 3 nitrogen and oxygen atoms in total. The number of amides is 1. The van der Waals surface area contributed by atoms with E-state index in [0.717, 1.165) is 21.9 Å². The molecule has 166 valence electrons. The van der Waals surface area contributed by atoms with E-state index in [1.165, 1.54) is 23.9 Å². The Kier molecular flexibility index (Phi) is 7.04. The van der Waals surface area contributed by atoms with Gasteiger partial charge in [-0.3, -0.25) is 4.79 Å². The summed E-state index contributed by atoms with van der Waals surface area (Å²) in [5.74, 6) is 0.455. The van der Waals surface area contributed by atoms with Gasteiger partial charge in [0.05, 0.1) is 5.56 Å². The molecule has 0 spiro atoms. The molecule has 1 aromatic heterocycles. The zero-order valence-electron chi connectivity index (χ0n) is 18.1. The summed E-state index contributed by atoms with van der Waals surface area (Å²) in [7, 11) is 0. The minimum absolute atomic E-state index is 0.0418. The van der Waals surface area contributed by atoms with Crippen LogP contribution in [-0.2, 0) is 23.3 Å². The van der Waals surface area contributed by atoms with Crippen LogP contribution < -0.4 is 0 Å². The molecule has 0 fully saturated rings. The van der Waals surface area contributed by atoms with Gasteiger partial charge in [0.15, 0.2) is 0 Å². The highest BCUT2D eigenvalue weighted by Crippen LogP contribution is 2.34. The van der Waals surface area contributed by atoms with Crippen molar-refractivity contribution in [1.82, 2.24) is 9.47 Å². The summed E-state index contributed by atoms with van der Waals surface area (Å²) in [5.41, 5.74) is 0.912. The van der Waals surface area contributed by atoms with Crippen molar-refractivity contribution in [3.8, 4) is 0 Å². The van der Waals surface area contributed by atoms with Gasteiger partial charge in [0.2, 0.25) is 5.91 Å². The van der Waals surface area contributed by atoms with Gasteiger partial charge in [0.25, 0.3) is 0 Å².